The Hall–Kier alpha value is -1.32. The summed E-state index contributed by atoms with van der Waals surface area (Å²) in [7, 11) is 1.90. The Balaban J connectivity index is 2.05. The summed E-state index contributed by atoms with van der Waals surface area (Å²) in [6, 6.07) is 8.57. The van der Waals surface area contributed by atoms with Crippen LogP contribution in [0, 0.1) is 12.7 Å². The molecule has 1 aromatic carbocycles. The lowest BCUT2D eigenvalue weighted by Gasteiger charge is -2.16. The zero-order valence-corrected chi connectivity index (χ0v) is 11.2. The van der Waals surface area contributed by atoms with E-state index in [-0.39, 0.29) is 5.82 Å². The van der Waals surface area contributed by atoms with Crippen molar-refractivity contribution < 1.29 is 8.81 Å². The highest BCUT2D eigenvalue weighted by atomic mass is 35.5. The van der Waals surface area contributed by atoms with E-state index < -0.39 is 0 Å². The first kappa shape index (κ1) is 13.1. The van der Waals surface area contributed by atoms with Crippen molar-refractivity contribution in [1.29, 1.82) is 0 Å². The first-order valence-corrected chi connectivity index (χ1v) is 6.11. The van der Waals surface area contributed by atoms with E-state index >= 15 is 0 Å². The Bertz CT molecular complexity index is 518. The quantitative estimate of drug-likeness (QED) is 0.832. The molecule has 2 rings (SSSR count). The minimum absolute atomic E-state index is 0.273. The second-order valence-corrected chi connectivity index (χ2v) is 4.79. The van der Waals surface area contributed by atoms with Gasteiger partial charge in [-0.2, -0.15) is 0 Å². The molecule has 0 fully saturated rings. The third-order valence-electron chi connectivity index (χ3n) is 2.71. The molecule has 0 spiro atoms. The smallest absolute Gasteiger partial charge is 0.129 e. The zero-order valence-electron chi connectivity index (χ0n) is 10.4. The number of hydrogen-bond donors (Lipinski definition) is 0. The second kappa shape index (κ2) is 5.55. The SMILES string of the molecule is Cc1ccc(CN(C)Cc2c(F)cccc2Cl)o1. The molecule has 1 heterocycles. The number of hydrogen-bond acceptors (Lipinski definition) is 2. The molecule has 0 radical (unpaired) electrons. The van der Waals surface area contributed by atoms with Crippen LogP contribution in [-0.4, -0.2) is 11.9 Å². The highest BCUT2D eigenvalue weighted by molar-refractivity contribution is 6.31. The van der Waals surface area contributed by atoms with Gasteiger partial charge in [-0.3, -0.25) is 4.90 Å². The van der Waals surface area contributed by atoms with Crippen molar-refractivity contribution in [2.24, 2.45) is 0 Å². The summed E-state index contributed by atoms with van der Waals surface area (Å²) in [5.41, 5.74) is 0.518. The summed E-state index contributed by atoms with van der Waals surface area (Å²) < 4.78 is 19.1. The first-order valence-electron chi connectivity index (χ1n) is 5.73. The van der Waals surface area contributed by atoms with Crippen LogP contribution in [-0.2, 0) is 13.1 Å². The third kappa shape index (κ3) is 3.12. The fourth-order valence-electron chi connectivity index (χ4n) is 1.85. The van der Waals surface area contributed by atoms with Crippen LogP contribution in [0.5, 0.6) is 0 Å². The molecule has 0 aliphatic carbocycles. The van der Waals surface area contributed by atoms with Crippen molar-refractivity contribution in [2.45, 2.75) is 20.0 Å². The minimum atomic E-state index is -0.273. The van der Waals surface area contributed by atoms with E-state index in [1.165, 1.54) is 6.07 Å². The fourth-order valence-corrected chi connectivity index (χ4v) is 2.07. The predicted octanol–water partition coefficient (Wildman–Crippen LogP) is 4.01. The lowest BCUT2D eigenvalue weighted by Crippen LogP contribution is -2.18. The Morgan fingerprint density at radius 1 is 1.22 bits per heavy atom. The van der Waals surface area contributed by atoms with Crippen LogP contribution in [0.15, 0.2) is 34.7 Å². The fraction of sp³-hybridized carbons (Fsp3) is 0.286. The largest absolute Gasteiger partial charge is 0.465 e. The second-order valence-electron chi connectivity index (χ2n) is 4.38. The van der Waals surface area contributed by atoms with Gasteiger partial charge in [0.25, 0.3) is 0 Å². The topological polar surface area (TPSA) is 16.4 Å². The molecule has 0 N–H and O–H groups in total. The predicted molar refractivity (Wildman–Crippen MR) is 70.0 cm³/mol. The van der Waals surface area contributed by atoms with Gasteiger partial charge in [0, 0.05) is 17.1 Å². The van der Waals surface area contributed by atoms with Gasteiger partial charge in [0.05, 0.1) is 6.54 Å². The third-order valence-corrected chi connectivity index (χ3v) is 3.07. The molecule has 0 amide bonds. The van der Waals surface area contributed by atoms with E-state index in [1.54, 1.807) is 12.1 Å². The van der Waals surface area contributed by atoms with Gasteiger partial charge in [0.1, 0.15) is 17.3 Å². The van der Waals surface area contributed by atoms with Crippen LogP contribution in [0.2, 0.25) is 5.02 Å². The highest BCUT2D eigenvalue weighted by Gasteiger charge is 2.11. The molecule has 0 bridgehead atoms. The molecule has 1 aromatic heterocycles. The molecular formula is C14H15ClFNO. The van der Waals surface area contributed by atoms with E-state index in [2.05, 4.69) is 0 Å². The average Bonchev–Trinajstić information content (AvgIpc) is 2.69. The van der Waals surface area contributed by atoms with Gasteiger partial charge >= 0.3 is 0 Å². The van der Waals surface area contributed by atoms with Crippen molar-refractivity contribution in [2.75, 3.05) is 7.05 Å². The first-order chi connectivity index (χ1) is 8.56. The standard InChI is InChI=1S/C14H15ClFNO/c1-10-6-7-11(18-10)8-17(2)9-12-13(15)4-3-5-14(12)16/h3-7H,8-9H2,1-2H3. The van der Waals surface area contributed by atoms with Crippen molar-refractivity contribution >= 4 is 11.6 Å². The number of rotatable bonds is 4. The average molecular weight is 268 g/mol. The molecule has 0 saturated heterocycles. The maximum atomic E-state index is 13.6. The lowest BCUT2D eigenvalue weighted by atomic mass is 10.2. The maximum absolute atomic E-state index is 13.6. The molecule has 2 aromatic rings. The summed E-state index contributed by atoms with van der Waals surface area (Å²) in [5, 5.41) is 0.456. The molecule has 0 saturated carbocycles. The van der Waals surface area contributed by atoms with Crippen LogP contribution >= 0.6 is 11.6 Å². The number of aryl methyl sites for hydroxylation is 1. The van der Waals surface area contributed by atoms with Crippen molar-refractivity contribution in [1.82, 2.24) is 4.90 Å². The summed E-state index contributed by atoms with van der Waals surface area (Å²) in [6.45, 7) is 2.97. The molecule has 4 heteroatoms. The van der Waals surface area contributed by atoms with Crippen LogP contribution in [0.1, 0.15) is 17.1 Å². The Morgan fingerprint density at radius 3 is 2.61 bits per heavy atom. The molecule has 2 nitrogen and oxygen atoms in total. The van der Waals surface area contributed by atoms with E-state index in [4.69, 9.17) is 16.0 Å². The minimum Gasteiger partial charge on any atom is -0.465 e. The Morgan fingerprint density at radius 2 is 2.00 bits per heavy atom. The van der Waals surface area contributed by atoms with Gasteiger partial charge in [-0.25, -0.2) is 4.39 Å². The number of nitrogens with zero attached hydrogens (tertiary/aromatic N) is 1. The van der Waals surface area contributed by atoms with Crippen LogP contribution in [0.4, 0.5) is 4.39 Å². The van der Waals surface area contributed by atoms with Crippen molar-refractivity contribution in [3.05, 3.63) is 58.3 Å². The van der Waals surface area contributed by atoms with E-state index in [0.29, 0.717) is 23.7 Å². The van der Waals surface area contributed by atoms with Crippen LogP contribution in [0.3, 0.4) is 0 Å². The molecule has 96 valence electrons. The highest BCUT2D eigenvalue weighted by Crippen LogP contribution is 2.21. The van der Waals surface area contributed by atoms with E-state index in [0.717, 1.165) is 11.5 Å². The van der Waals surface area contributed by atoms with Gasteiger partial charge < -0.3 is 4.42 Å². The molecule has 0 atom stereocenters. The normalized spacial score (nSPS) is 11.2. The Kier molecular flexibility index (Phi) is 4.04. The summed E-state index contributed by atoms with van der Waals surface area (Å²) in [6.07, 6.45) is 0. The zero-order chi connectivity index (χ0) is 13.1. The van der Waals surface area contributed by atoms with Gasteiger partial charge in [0.2, 0.25) is 0 Å². The van der Waals surface area contributed by atoms with Crippen molar-refractivity contribution in [3.63, 3.8) is 0 Å². The van der Waals surface area contributed by atoms with E-state index in [1.807, 2.05) is 31.0 Å². The van der Waals surface area contributed by atoms with Gasteiger partial charge in [-0.05, 0) is 38.2 Å². The molecule has 0 aliphatic rings. The van der Waals surface area contributed by atoms with Gasteiger partial charge in [-0.1, -0.05) is 17.7 Å². The Labute approximate surface area is 111 Å². The van der Waals surface area contributed by atoms with Crippen molar-refractivity contribution in [3.8, 4) is 0 Å². The molecule has 0 aliphatic heterocycles. The summed E-state index contributed by atoms with van der Waals surface area (Å²) >= 11 is 5.99. The van der Waals surface area contributed by atoms with Crippen LogP contribution in [0.25, 0.3) is 0 Å². The molecule has 0 unspecified atom stereocenters. The summed E-state index contributed by atoms with van der Waals surface area (Å²) in [4.78, 5) is 1.96. The van der Waals surface area contributed by atoms with Gasteiger partial charge in [0.15, 0.2) is 0 Å². The molecule has 18 heavy (non-hydrogen) atoms. The number of furan rings is 1. The van der Waals surface area contributed by atoms with Crippen LogP contribution < -0.4 is 0 Å². The monoisotopic (exact) mass is 267 g/mol. The summed E-state index contributed by atoms with van der Waals surface area (Å²) in [5.74, 6) is 1.47. The lowest BCUT2D eigenvalue weighted by molar-refractivity contribution is 0.281. The maximum Gasteiger partial charge on any atom is 0.129 e. The number of halogens is 2. The van der Waals surface area contributed by atoms with E-state index in [9.17, 15) is 4.39 Å². The van der Waals surface area contributed by atoms with Gasteiger partial charge in [-0.15, -0.1) is 0 Å². The molecular weight excluding hydrogens is 253 g/mol. The number of benzene rings is 1.